The number of anilines is 1. The van der Waals surface area contributed by atoms with Crippen LogP contribution >= 0.6 is 0 Å². The first kappa shape index (κ1) is 15.0. The minimum absolute atomic E-state index is 0.168. The van der Waals surface area contributed by atoms with Gasteiger partial charge in [-0.2, -0.15) is 0 Å². The van der Waals surface area contributed by atoms with Crippen LogP contribution in [0.3, 0.4) is 0 Å². The number of carbonyl (C=O) groups is 1. The molecule has 0 aliphatic heterocycles. The van der Waals surface area contributed by atoms with Crippen molar-refractivity contribution in [1.82, 2.24) is 15.3 Å². The smallest absolute Gasteiger partial charge is 0.270 e. The van der Waals surface area contributed by atoms with Crippen molar-refractivity contribution in [2.24, 2.45) is 0 Å². The molecule has 2 N–H and O–H groups in total. The number of benzene rings is 1. The van der Waals surface area contributed by atoms with Crippen LogP contribution in [0.4, 0.5) is 5.82 Å². The van der Waals surface area contributed by atoms with Crippen LogP contribution in [0.2, 0.25) is 0 Å². The van der Waals surface area contributed by atoms with Crippen LogP contribution in [0, 0.1) is 6.92 Å². The Labute approximate surface area is 124 Å². The monoisotopic (exact) mass is 284 g/mol. The number of amides is 1. The number of nitrogens with zero attached hydrogens (tertiary/aromatic N) is 2. The van der Waals surface area contributed by atoms with Crippen molar-refractivity contribution in [3.05, 3.63) is 53.5 Å². The lowest BCUT2D eigenvalue weighted by Gasteiger charge is -2.09. The van der Waals surface area contributed by atoms with Gasteiger partial charge < -0.3 is 10.6 Å². The normalized spacial score (nSPS) is 10.2. The molecule has 0 unspecified atom stereocenters. The van der Waals surface area contributed by atoms with Crippen LogP contribution in [0.25, 0.3) is 0 Å². The van der Waals surface area contributed by atoms with E-state index < -0.39 is 0 Å². The predicted molar refractivity (Wildman–Crippen MR) is 83.2 cm³/mol. The molecule has 1 aromatic heterocycles. The molecule has 0 aliphatic carbocycles. The summed E-state index contributed by atoms with van der Waals surface area (Å²) in [6.07, 6.45) is 2.30. The Morgan fingerprint density at radius 1 is 1.24 bits per heavy atom. The highest BCUT2D eigenvalue weighted by molar-refractivity contribution is 5.92. The lowest BCUT2D eigenvalue weighted by molar-refractivity contribution is 0.0948. The van der Waals surface area contributed by atoms with Crippen LogP contribution in [-0.2, 0) is 6.54 Å². The summed E-state index contributed by atoms with van der Waals surface area (Å²) >= 11 is 0. The Balaban J connectivity index is 2.01. The average Bonchev–Trinajstić information content (AvgIpc) is 2.52. The van der Waals surface area contributed by atoms with Crippen molar-refractivity contribution >= 4 is 11.7 Å². The lowest BCUT2D eigenvalue weighted by Crippen LogP contribution is -2.25. The van der Waals surface area contributed by atoms with E-state index in [0.29, 0.717) is 24.6 Å². The Bertz CT molecular complexity index is 613. The summed E-state index contributed by atoms with van der Waals surface area (Å²) < 4.78 is 0. The van der Waals surface area contributed by atoms with Crippen molar-refractivity contribution in [2.75, 3.05) is 11.9 Å². The molecule has 2 rings (SSSR count). The van der Waals surface area contributed by atoms with Crippen LogP contribution < -0.4 is 10.6 Å². The van der Waals surface area contributed by atoms with Gasteiger partial charge in [0, 0.05) is 19.2 Å². The molecule has 2 aromatic rings. The molecule has 21 heavy (non-hydrogen) atoms. The van der Waals surface area contributed by atoms with Crippen LogP contribution in [0.1, 0.15) is 35.0 Å². The fourth-order valence-electron chi connectivity index (χ4n) is 1.90. The van der Waals surface area contributed by atoms with Crippen molar-refractivity contribution in [1.29, 1.82) is 0 Å². The molecule has 0 atom stereocenters. The van der Waals surface area contributed by atoms with Gasteiger partial charge in [-0.05, 0) is 24.5 Å². The Hall–Kier alpha value is -2.43. The van der Waals surface area contributed by atoms with E-state index in [4.69, 9.17) is 0 Å². The van der Waals surface area contributed by atoms with E-state index in [2.05, 4.69) is 39.7 Å². The first-order chi connectivity index (χ1) is 10.2. The molecule has 0 aliphatic rings. The third kappa shape index (κ3) is 4.27. The fraction of sp³-hybridized carbons (Fsp3) is 0.312. The molecule has 0 saturated heterocycles. The quantitative estimate of drug-likeness (QED) is 0.855. The first-order valence-corrected chi connectivity index (χ1v) is 7.09. The second-order valence-corrected chi connectivity index (χ2v) is 4.82. The molecule has 0 radical (unpaired) electrons. The number of hydrogen-bond donors (Lipinski definition) is 2. The zero-order valence-corrected chi connectivity index (χ0v) is 12.4. The second-order valence-electron chi connectivity index (χ2n) is 4.82. The van der Waals surface area contributed by atoms with Gasteiger partial charge in [0.2, 0.25) is 0 Å². The topological polar surface area (TPSA) is 66.9 Å². The lowest BCUT2D eigenvalue weighted by atomic mass is 10.1. The number of aromatic nitrogens is 2. The highest BCUT2D eigenvalue weighted by Gasteiger charge is 2.07. The van der Waals surface area contributed by atoms with Gasteiger partial charge in [0.1, 0.15) is 17.8 Å². The van der Waals surface area contributed by atoms with E-state index in [-0.39, 0.29) is 5.91 Å². The molecule has 1 aromatic carbocycles. The number of carbonyl (C=O) groups excluding carboxylic acids is 1. The van der Waals surface area contributed by atoms with E-state index >= 15 is 0 Å². The second kappa shape index (κ2) is 7.38. The summed E-state index contributed by atoms with van der Waals surface area (Å²) in [6, 6.07) is 9.83. The molecule has 110 valence electrons. The molecular weight excluding hydrogens is 264 g/mol. The molecule has 0 saturated carbocycles. The summed E-state index contributed by atoms with van der Waals surface area (Å²) in [5.74, 6) is 0.480. The van der Waals surface area contributed by atoms with Gasteiger partial charge in [-0.1, -0.05) is 31.2 Å². The van der Waals surface area contributed by atoms with Gasteiger partial charge in [0.15, 0.2) is 0 Å². The summed E-state index contributed by atoms with van der Waals surface area (Å²) in [4.78, 5) is 20.0. The molecule has 5 nitrogen and oxygen atoms in total. The number of aryl methyl sites for hydroxylation is 1. The van der Waals surface area contributed by atoms with Gasteiger partial charge in [-0.3, -0.25) is 4.79 Å². The third-order valence-electron chi connectivity index (χ3n) is 3.16. The van der Waals surface area contributed by atoms with E-state index in [0.717, 1.165) is 6.42 Å². The van der Waals surface area contributed by atoms with Crippen LogP contribution in [0.15, 0.2) is 36.7 Å². The van der Waals surface area contributed by atoms with Crippen LogP contribution in [-0.4, -0.2) is 22.4 Å². The number of nitrogens with one attached hydrogen (secondary N) is 2. The van der Waals surface area contributed by atoms with Crippen LogP contribution in [0.5, 0.6) is 0 Å². The molecule has 0 spiro atoms. The summed E-state index contributed by atoms with van der Waals surface area (Å²) in [5.41, 5.74) is 2.80. The molecular formula is C16H20N4O. The van der Waals surface area contributed by atoms with Gasteiger partial charge in [0.05, 0.1) is 0 Å². The third-order valence-corrected chi connectivity index (χ3v) is 3.16. The van der Waals surface area contributed by atoms with Gasteiger partial charge in [-0.25, -0.2) is 9.97 Å². The molecule has 1 heterocycles. The van der Waals surface area contributed by atoms with Crippen molar-refractivity contribution in [3.8, 4) is 0 Å². The standard InChI is InChI=1S/C16H20N4O/c1-3-8-17-16(21)14-9-15(20-11-19-14)18-10-13-7-5-4-6-12(13)2/h4-7,9,11H,3,8,10H2,1-2H3,(H,17,21)(H,18,19,20). The molecule has 1 amide bonds. The maximum Gasteiger partial charge on any atom is 0.270 e. The molecule has 5 heteroatoms. The van der Waals surface area contributed by atoms with Crippen molar-refractivity contribution in [2.45, 2.75) is 26.8 Å². The van der Waals surface area contributed by atoms with E-state index in [1.165, 1.54) is 17.5 Å². The fourth-order valence-corrected chi connectivity index (χ4v) is 1.90. The summed E-state index contributed by atoms with van der Waals surface area (Å²) in [5, 5.41) is 6.02. The number of rotatable bonds is 6. The molecule has 0 fully saturated rings. The van der Waals surface area contributed by atoms with Crippen molar-refractivity contribution in [3.63, 3.8) is 0 Å². The molecule has 0 bridgehead atoms. The van der Waals surface area contributed by atoms with E-state index in [9.17, 15) is 4.79 Å². The first-order valence-electron chi connectivity index (χ1n) is 7.09. The largest absolute Gasteiger partial charge is 0.366 e. The summed E-state index contributed by atoms with van der Waals surface area (Å²) in [6.45, 7) is 5.39. The Morgan fingerprint density at radius 3 is 2.81 bits per heavy atom. The highest BCUT2D eigenvalue weighted by Crippen LogP contribution is 2.10. The van der Waals surface area contributed by atoms with Gasteiger partial charge in [-0.15, -0.1) is 0 Å². The van der Waals surface area contributed by atoms with Crippen molar-refractivity contribution < 1.29 is 4.79 Å². The highest BCUT2D eigenvalue weighted by atomic mass is 16.1. The minimum atomic E-state index is -0.168. The Morgan fingerprint density at radius 2 is 2.05 bits per heavy atom. The Kier molecular flexibility index (Phi) is 5.26. The summed E-state index contributed by atoms with van der Waals surface area (Å²) in [7, 11) is 0. The minimum Gasteiger partial charge on any atom is -0.366 e. The average molecular weight is 284 g/mol. The zero-order chi connectivity index (χ0) is 15.1. The van der Waals surface area contributed by atoms with Gasteiger partial charge >= 0.3 is 0 Å². The van der Waals surface area contributed by atoms with E-state index in [1.54, 1.807) is 6.07 Å². The van der Waals surface area contributed by atoms with E-state index in [1.807, 2.05) is 19.1 Å². The number of hydrogen-bond acceptors (Lipinski definition) is 4. The predicted octanol–water partition coefficient (Wildman–Crippen LogP) is 2.54. The maximum atomic E-state index is 11.9. The SMILES string of the molecule is CCCNC(=O)c1cc(NCc2ccccc2C)ncn1. The van der Waals surface area contributed by atoms with Gasteiger partial charge in [0.25, 0.3) is 5.91 Å². The maximum absolute atomic E-state index is 11.9. The zero-order valence-electron chi connectivity index (χ0n) is 12.4.